The highest BCUT2D eigenvalue weighted by Gasteiger charge is 2.21. The van der Waals surface area contributed by atoms with E-state index in [0.29, 0.717) is 12.5 Å². The summed E-state index contributed by atoms with van der Waals surface area (Å²) in [5.41, 5.74) is 1.11. The van der Waals surface area contributed by atoms with Crippen molar-refractivity contribution in [1.29, 1.82) is 0 Å². The summed E-state index contributed by atoms with van der Waals surface area (Å²) < 4.78 is 7.32. The van der Waals surface area contributed by atoms with E-state index in [1.54, 1.807) is 7.11 Å². The fourth-order valence-corrected chi connectivity index (χ4v) is 3.31. The summed E-state index contributed by atoms with van der Waals surface area (Å²) >= 11 is 0. The average molecular weight is 312 g/mol. The molecule has 1 fully saturated rings. The van der Waals surface area contributed by atoms with Crippen molar-refractivity contribution < 1.29 is 9.53 Å². The molecule has 1 aromatic heterocycles. The molecule has 122 valence electrons. The molecular weight excluding hydrogens is 288 g/mol. The molecule has 1 aliphatic carbocycles. The first-order valence-corrected chi connectivity index (χ1v) is 8.32. The maximum absolute atomic E-state index is 12.5. The second kappa shape index (κ2) is 7.36. The number of ether oxygens (including phenoxy) is 1. The van der Waals surface area contributed by atoms with Crippen LogP contribution in [-0.4, -0.2) is 23.6 Å². The maximum Gasteiger partial charge on any atom is 0.222 e. The third-order valence-corrected chi connectivity index (χ3v) is 4.59. The molecule has 0 aliphatic heterocycles. The highest BCUT2D eigenvalue weighted by molar-refractivity contribution is 5.77. The molecule has 0 unspecified atom stereocenters. The topological polar surface area (TPSA) is 43.3 Å². The van der Waals surface area contributed by atoms with E-state index in [1.165, 1.54) is 12.8 Å². The number of amides is 1. The van der Waals surface area contributed by atoms with Crippen molar-refractivity contribution in [3.63, 3.8) is 0 Å². The molecule has 0 spiro atoms. The van der Waals surface area contributed by atoms with Crippen LogP contribution < -0.4 is 10.1 Å². The van der Waals surface area contributed by atoms with Gasteiger partial charge in [-0.25, -0.2) is 0 Å². The first-order chi connectivity index (χ1) is 11.3. The van der Waals surface area contributed by atoms with Crippen molar-refractivity contribution in [2.75, 3.05) is 7.11 Å². The zero-order valence-corrected chi connectivity index (χ0v) is 13.6. The molecule has 23 heavy (non-hydrogen) atoms. The summed E-state index contributed by atoms with van der Waals surface area (Å²) in [5.74, 6) is 0.960. The van der Waals surface area contributed by atoms with Gasteiger partial charge < -0.3 is 14.6 Å². The summed E-state index contributed by atoms with van der Waals surface area (Å²) in [4.78, 5) is 12.5. The van der Waals surface area contributed by atoms with E-state index in [4.69, 9.17) is 4.74 Å². The van der Waals surface area contributed by atoms with Crippen LogP contribution in [0.3, 0.4) is 0 Å². The van der Waals surface area contributed by atoms with Gasteiger partial charge in [0.1, 0.15) is 5.75 Å². The smallest absolute Gasteiger partial charge is 0.222 e. The maximum atomic E-state index is 12.5. The largest absolute Gasteiger partial charge is 0.497 e. The van der Waals surface area contributed by atoms with Crippen molar-refractivity contribution >= 4 is 5.91 Å². The molecule has 1 aliphatic rings. The molecule has 3 rings (SSSR count). The van der Waals surface area contributed by atoms with Gasteiger partial charge in [-0.15, -0.1) is 0 Å². The van der Waals surface area contributed by atoms with Crippen LogP contribution >= 0.6 is 0 Å². The van der Waals surface area contributed by atoms with E-state index in [-0.39, 0.29) is 11.9 Å². The van der Waals surface area contributed by atoms with Crippen LogP contribution in [0, 0.1) is 0 Å². The standard InChI is InChI=1S/C19H24N2O2/c1-23-17-10-8-15(9-11-17)18(21-12-4-5-13-21)14-19(22)20-16-6-2-3-7-16/h4-5,8-13,16,18H,2-3,6-7,14H2,1H3,(H,20,22)/t18-/m1/s1. The van der Waals surface area contributed by atoms with Gasteiger partial charge in [-0.3, -0.25) is 4.79 Å². The van der Waals surface area contributed by atoms with Crippen molar-refractivity contribution in [3.05, 3.63) is 54.4 Å². The molecule has 1 atom stereocenters. The van der Waals surface area contributed by atoms with Crippen molar-refractivity contribution in [2.24, 2.45) is 0 Å². The van der Waals surface area contributed by atoms with Crippen LogP contribution in [0.25, 0.3) is 0 Å². The van der Waals surface area contributed by atoms with Gasteiger partial charge in [0.05, 0.1) is 19.6 Å². The number of hydrogen-bond donors (Lipinski definition) is 1. The Labute approximate surface area is 137 Å². The lowest BCUT2D eigenvalue weighted by Crippen LogP contribution is -2.34. The minimum Gasteiger partial charge on any atom is -0.497 e. The predicted octanol–water partition coefficient (Wildman–Crippen LogP) is 3.54. The number of nitrogens with one attached hydrogen (secondary N) is 1. The third kappa shape index (κ3) is 3.95. The summed E-state index contributed by atoms with van der Waals surface area (Å²) in [6.07, 6.45) is 9.16. The van der Waals surface area contributed by atoms with Crippen molar-refractivity contribution in [2.45, 2.75) is 44.2 Å². The number of methoxy groups -OCH3 is 1. The Kier molecular flexibility index (Phi) is 5.01. The normalized spacial score (nSPS) is 16.2. The molecule has 0 radical (unpaired) electrons. The lowest BCUT2D eigenvalue weighted by molar-refractivity contribution is -0.122. The first-order valence-electron chi connectivity index (χ1n) is 8.32. The number of carbonyl (C=O) groups excluding carboxylic acids is 1. The van der Waals surface area contributed by atoms with Gasteiger partial charge in [0.25, 0.3) is 0 Å². The average Bonchev–Trinajstić information content (AvgIpc) is 3.26. The summed E-state index contributed by atoms with van der Waals surface area (Å²) in [5, 5.41) is 3.19. The van der Waals surface area contributed by atoms with Crippen LogP contribution in [0.2, 0.25) is 0 Å². The summed E-state index contributed by atoms with van der Waals surface area (Å²) in [6.45, 7) is 0. The number of carbonyl (C=O) groups is 1. The van der Waals surface area contributed by atoms with Crippen LogP contribution in [-0.2, 0) is 4.79 Å². The highest BCUT2D eigenvalue weighted by atomic mass is 16.5. The quantitative estimate of drug-likeness (QED) is 0.886. The fourth-order valence-electron chi connectivity index (χ4n) is 3.31. The first kappa shape index (κ1) is 15.7. The lowest BCUT2D eigenvalue weighted by atomic mass is 10.0. The zero-order valence-electron chi connectivity index (χ0n) is 13.6. The summed E-state index contributed by atoms with van der Waals surface area (Å²) in [6, 6.07) is 12.3. The molecule has 0 saturated heterocycles. The van der Waals surface area contributed by atoms with Crippen molar-refractivity contribution in [3.8, 4) is 5.75 Å². The van der Waals surface area contributed by atoms with Crippen LogP contribution in [0.4, 0.5) is 0 Å². The highest BCUT2D eigenvalue weighted by Crippen LogP contribution is 2.25. The van der Waals surface area contributed by atoms with Gasteiger partial charge in [-0.1, -0.05) is 25.0 Å². The molecule has 1 saturated carbocycles. The van der Waals surface area contributed by atoms with Crippen LogP contribution in [0.1, 0.15) is 43.7 Å². The van der Waals surface area contributed by atoms with Crippen LogP contribution in [0.5, 0.6) is 5.75 Å². The number of hydrogen-bond acceptors (Lipinski definition) is 2. The molecule has 0 bridgehead atoms. The molecular formula is C19H24N2O2. The predicted molar refractivity (Wildman–Crippen MR) is 90.6 cm³/mol. The minimum atomic E-state index is 0.0114. The van der Waals surface area contributed by atoms with Gasteiger partial charge in [-0.2, -0.15) is 0 Å². The fraction of sp³-hybridized carbons (Fsp3) is 0.421. The van der Waals surface area contributed by atoms with E-state index in [2.05, 4.69) is 9.88 Å². The molecule has 4 heteroatoms. The van der Waals surface area contributed by atoms with E-state index < -0.39 is 0 Å². The molecule has 1 heterocycles. The Morgan fingerprint density at radius 2 is 1.87 bits per heavy atom. The number of aromatic nitrogens is 1. The van der Waals surface area contributed by atoms with Crippen LogP contribution in [0.15, 0.2) is 48.8 Å². The molecule has 1 N–H and O–H groups in total. The van der Waals surface area contributed by atoms with E-state index in [9.17, 15) is 4.79 Å². The second-order valence-electron chi connectivity index (χ2n) is 6.17. The van der Waals surface area contributed by atoms with E-state index >= 15 is 0 Å². The van der Waals surface area contributed by atoms with Crippen molar-refractivity contribution in [1.82, 2.24) is 9.88 Å². The number of rotatable bonds is 6. The zero-order chi connectivity index (χ0) is 16.1. The lowest BCUT2D eigenvalue weighted by Gasteiger charge is -2.21. The van der Waals surface area contributed by atoms with Gasteiger partial charge in [0.2, 0.25) is 5.91 Å². The van der Waals surface area contributed by atoms with E-state index in [0.717, 1.165) is 24.2 Å². The SMILES string of the molecule is COc1ccc([C@@H](CC(=O)NC2CCCC2)n2cccc2)cc1. The third-order valence-electron chi connectivity index (χ3n) is 4.59. The van der Waals surface area contributed by atoms with Gasteiger partial charge in [0.15, 0.2) is 0 Å². The number of benzene rings is 1. The number of nitrogens with zero attached hydrogens (tertiary/aromatic N) is 1. The Morgan fingerprint density at radius 1 is 1.22 bits per heavy atom. The molecule has 4 nitrogen and oxygen atoms in total. The second-order valence-corrected chi connectivity index (χ2v) is 6.17. The van der Waals surface area contributed by atoms with E-state index in [1.807, 2.05) is 48.8 Å². The Balaban J connectivity index is 1.74. The molecule has 1 amide bonds. The Morgan fingerprint density at radius 3 is 2.48 bits per heavy atom. The van der Waals surface area contributed by atoms with Gasteiger partial charge in [-0.05, 0) is 42.7 Å². The minimum absolute atomic E-state index is 0.0114. The van der Waals surface area contributed by atoms with Gasteiger partial charge >= 0.3 is 0 Å². The monoisotopic (exact) mass is 312 g/mol. The van der Waals surface area contributed by atoms with Gasteiger partial charge in [0, 0.05) is 18.4 Å². The Bertz CT molecular complexity index is 613. The Hall–Kier alpha value is -2.23. The molecule has 1 aromatic carbocycles. The summed E-state index contributed by atoms with van der Waals surface area (Å²) in [7, 11) is 1.66. The molecule has 2 aromatic rings.